The number of carbonyl (C=O) groups excluding carboxylic acids is 1. The van der Waals surface area contributed by atoms with Crippen molar-refractivity contribution in [3.05, 3.63) is 40.8 Å². The zero-order valence-electron chi connectivity index (χ0n) is 12.9. The highest BCUT2D eigenvalue weighted by molar-refractivity contribution is 7.16. The summed E-state index contributed by atoms with van der Waals surface area (Å²) in [5.74, 6) is 0.908. The predicted molar refractivity (Wildman–Crippen MR) is 90.4 cm³/mol. The van der Waals surface area contributed by atoms with Crippen LogP contribution in [0.4, 0.5) is 10.7 Å². The maximum absolute atomic E-state index is 12.8. The number of aryl methyl sites for hydroxylation is 1. The van der Waals surface area contributed by atoms with Crippen LogP contribution in [0.1, 0.15) is 21.7 Å². The number of methoxy groups -OCH3 is 1. The lowest BCUT2D eigenvalue weighted by atomic mass is 9.90. The van der Waals surface area contributed by atoms with Gasteiger partial charge in [-0.15, -0.1) is 11.3 Å². The third kappa shape index (κ3) is 2.02. The molecule has 6 heteroatoms. The molecular weight excluding hydrogens is 312 g/mol. The molecule has 2 aromatic rings. The second-order valence-electron chi connectivity index (χ2n) is 5.80. The van der Waals surface area contributed by atoms with Crippen molar-refractivity contribution in [3.8, 4) is 5.75 Å². The number of carbonyl (C=O) groups is 1. The first-order valence-corrected chi connectivity index (χ1v) is 8.23. The normalized spacial score (nSPS) is 22.7. The van der Waals surface area contributed by atoms with Crippen LogP contribution in [0.15, 0.2) is 35.3 Å². The number of benzene rings is 1. The summed E-state index contributed by atoms with van der Waals surface area (Å²) in [6.07, 6.45) is 0.343. The predicted octanol–water partition coefficient (Wildman–Crippen LogP) is 2.93. The lowest BCUT2D eigenvalue weighted by Gasteiger charge is -2.28. The SMILES string of the molecule is COc1cccc(N2CCC3(O)C(=O)c4cc(C)sc4N=C23)c1. The minimum absolute atomic E-state index is 0.243. The number of fused-ring (bicyclic) bond motifs is 2. The number of aliphatic hydroxyl groups is 1. The number of anilines is 1. The Labute approximate surface area is 137 Å². The van der Waals surface area contributed by atoms with Crippen molar-refractivity contribution in [1.29, 1.82) is 0 Å². The summed E-state index contributed by atoms with van der Waals surface area (Å²) < 4.78 is 5.26. The van der Waals surface area contributed by atoms with Gasteiger partial charge in [-0.3, -0.25) is 4.79 Å². The Hall–Kier alpha value is -2.18. The molecule has 0 spiro atoms. The zero-order valence-corrected chi connectivity index (χ0v) is 13.7. The van der Waals surface area contributed by atoms with Crippen LogP contribution in [0.25, 0.3) is 0 Å². The summed E-state index contributed by atoms with van der Waals surface area (Å²) in [5.41, 5.74) is -0.126. The summed E-state index contributed by atoms with van der Waals surface area (Å²) in [6.45, 7) is 2.48. The van der Waals surface area contributed by atoms with E-state index in [1.807, 2.05) is 42.2 Å². The van der Waals surface area contributed by atoms with Gasteiger partial charge in [0.25, 0.3) is 0 Å². The Morgan fingerprint density at radius 1 is 1.39 bits per heavy atom. The first kappa shape index (κ1) is 14.4. The number of aliphatic imine (C=N–C) groups is 1. The van der Waals surface area contributed by atoms with Crippen LogP contribution in [-0.4, -0.2) is 36.0 Å². The highest BCUT2D eigenvalue weighted by atomic mass is 32.1. The van der Waals surface area contributed by atoms with E-state index in [-0.39, 0.29) is 5.78 Å². The molecule has 23 heavy (non-hydrogen) atoms. The van der Waals surface area contributed by atoms with Gasteiger partial charge in [0.2, 0.25) is 5.78 Å². The van der Waals surface area contributed by atoms with E-state index in [9.17, 15) is 9.90 Å². The first-order chi connectivity index (χ1) is 11.0. The summed E-state index contributed by atoms with van der Waals surface area (Å²) >= 11 is 1.48. The molecule has 2 aliphatic heterocycles. The number of ether oxygens (including phenoxy) is 1. The molecule has 1 atom stereocenters. The van der Waals surface area contributed by atoms with Gasteiger partial charge < -0.3 is 14.7 Å². The van der Waals surface area contributed by atoms with E-state index in [0.717, 1.165) is 16.3 Å². The van der Waals surface area contributed by atoms with E-state index in [2.05, 4.69) is 4.99 Å². The third-order valence-electron chi connectivity index (χ3n) is 4.35. The molecule has 1 aromatic carbocycles. The number of nitrogens with zero attached hydrogens (tertiary/aromatic N) is 2. The van der Waals surface area contributed by atoms with Gasteiger partial charge >= 0.3 is 0 Å². The third-order valence-corrected chi connectivity index (χ3v) is 5.30. The smallest absolute Gasteiger partial charge is 0.205 e. The maximum Gasteiger partial charge on any atom is 0.205 e. The average Bonchev–Trinajstić information content (AvgIpc) is 3.09. The molecule has 118 valence electrons. The molecule has 5 nitrogen and oxygen atoms in total. The van der Waals surface area contributed by atoms with E-state index in [1.165, 1.54) is 11.3 Å². The van der Waals surface area contributed by atoms with Crippen molar-refractivity contribution in [2.24, 2.45) is 4.99 Å². The molecule has 1 N–H and O–H groups in total. The van der Waals surface area contributed by atoms with Crippen LogP contribution < -0.4 is 9.64 Å². The van der Waals surface area contributed by atoms with E-state index >= 15 is 0 Å². The second kappa shape index (κ2) is 4.91. The minimum Gasteiger partial charge on any atom is -0.497 e. The van der Waals surface area contributed by atoms with Gasteiger partial charge in [0, 0.05) is 29.6 Å². The molecule has 3 heterocycles. The molecule has 1 aromatic heterocycles. The number of Topliss-reactive ketones (excluding diaryl/α,β-unsaturated/α-hetero) is 1. The zero-order chi connectivity index (χ0) is 16.2. The lowest BCUT2D eigenvalue weighted by Crippen LogP contribution is -2.48. The van der Waals surface area contributed by atoms with Crippen molar-refractivity contribution >= 4 is 33.6 Å². The van der Waals surface area contributed by atoms with Gasteiger partial charge in [0.15, 0.2) is 11.4 Å². The van der Waals surface area contributed by atoms with Crippen molar-refractivity contribution in [1.82, 2.24) is 0 Å². The van der Waals surface area contributed by atoms with Crippen LogP contribution in [0, 0.1) is 6.92 Å². The summed E-state index contributed by atoms with van der Waals surface area (Å²) in [7, 11) is 1.61. The number of thiophene rings is 1. The highest BCUT2D eigenvalue weighted by Crippen LogP contribution is 2.43. The van der Waals surface area contributed by atoms with Gasteiger partial charge in [0.1, 0.15) is 10.8 Å². The summed E-state index contributed by atoms with van der Waals surface area (Å²) in [5, 5.41) is 11.6. The summed E-state index contributed by atoms with van der Waals surface area (Å²) in [4.78, 5) is 20.3. The number of amidine groups is 1. The molecule has 1 unspecified atom stereocenters. The van der Waals surface area contributed by atoms with Gasteiger partial charge in [-0.05, 0) is 25.1 Å². The van der Waals surface area contributed by atoms with Crippen molar-refractivity contribution < 1.29 is 14.6 Å². The summed E-state index contributed by atoms with van der Waals surface area (Å²) in [6, 6.07) is 9.37. The van der Waals surface area contributed by atoms with E-state index in [1.54, 1.807) is 7.11 Å². The molecule has 1 fully saturated rings. The Balaban J connectivity index is 1.84. The van der Waals surface area contributed by atoms with Gasteiger partial charge in [0.05, 0.1) is 12.7 Å². The van der Waals surface area contributed by atoms with Gasteiger partial charge in [-0.2, -0.15) is 0 Å². The van der Waals surface area contributed by atoms with E-state index < -0.39 is 5.60 Å². The average molecular weight is 328 g/mol. The largest absolute Gasteiger partial charge is 0.497 e. The maximum atomic E-state index is 12.8. The quantitative estimate of drug-likeness (QED) is 0.921. The van der Waals surface area contributed by atoms with Crippen molar-refractivity contribution in [2.45, 2.75) is 18.9 Å². The highest BCUT2D eigenvalue weighted by Gasteiger charge is 2.52. The second-order valence-corrected chi connectivity index (χ2v) is 7.04. The molecule has 1 saturated heterocycles. The van der Waals surface area contributed by atoms with Crippen LogP contribution in [0.5, 0.6) is 5.75 Å². The van der Waals surface area contributed by atoms with Crippen LogP contribution in [0.3, 0.4) is 0 Å². The molecule has 2 aliphatic rings. The molecule has 0 bridgehead atoms. The number of hydrogen-bond donors (Lipinski definition) is 1. The number of rotatable bonds is 2. The van der Waals surface area contributed by atoms with E-state index in [0.29, 0.717) is 29.4 Å². The van der Waals surface area contributed by atoms with Crippen LogP contribution in [-0.2, 0) is 0 Å². The van der Waals surface area contributed by atoms with Crippen LogP contribution in [0.2, 0.25) is 0 Å². The van der Waals surface area contributed by atoms with Gasteiger partial charge in [-0.1, -0.05) is 6.07 Å². The fraction of sp³-hybridized carbons (Fsp3) is 0.294. The molecule has 0 aliphatic carbocycles. The lowest BCUT2D eigenvalue weighted by molar-refractivity contribution is 0.0603. The molecule has 0 saturated carbocycles. The molecule has 0 amide bonds. The Bertz CT molecular complexity index is 842. The van der Waals surface area contributed by atoms with Crippen molar-refractivity contribution in [3.63, 3.8) is 0 Å². The number of hydrogen-bond acceptors (Lipinski definition) is 6. The molecular formula is C17H16N2O3S. The van der Waals surface area contributed by atoms with Crippen molar-refractivity contribution in [2.75, 3.05) is 18.6 Å². The van der Waals surface area contributed by atoms with E-state index in [4.69, 9.17) is 4.74 Å². The molecule has 4 rings (SSSR count). The first-order valence-electron chi connectivity index (χ1n) is 7.41. The minimum atomic E-state index is -1.52. The monoisotopic (exact) mass is 328 g/mol. The standard InChI is InChI=1S/C17H16N2O3S/c1-10-8-13-14(20)17(21)6-7-19(16(17)18-15(13)23-10)11-4-3-5-12(9-11)22-2/h3-5,8-9,21H,6-7H2,1-2H3. The fourth-order valence-corrected chi connectivity index (χ4v) is 4.05. The number of ketones is 1. The molecule has 0 radical (unpaired) electrons. The van der Waals surface area contributed by atoms with Crippen LogP contribution >= 0.6 is 11.3 Å². The Kier molecular flexibility index (Phi) is 3.08. The Morgan fingerprint density at radius 3 is 3.00 bits per heavy atom. The fourth-order valence-electron chi connectivity index (χ4n) is 3.18. The topological polar surface area (TPSA) is 62.1 Å². The van der Waals surface area contributed by atoms with Gasteiger partial charge in [-0.25, -0.2) is 4.99 Å². The Morgan fingerprint density at radius 2 is 2.22 bits per heavy atom.